The average molecular weight is 195 g/mol. The van der Waals surface area contributed by atoms with Gasteiger partial charge in [0, 0.05) is 12.1 Å². The largest absolute Gasteiger partial charge is 0.349 e. The molecule has 0 saturated heterocycles. The fourth-order valence-corrected chi connectivity index (χ4v) is 1.47. The molecule has 1 aromatic heterocycles. The van der Waals surface area contributed by atoms with Crippen molar-refractivity contribution in [2.75, 3.05) is 6.54 Å². The predicted molar refractivity (Wildman–Crippen MR) is 49.5 cm³/mol. The minimum absolute atomic E-state index is 0.195. The summed E-state index contributed by atoms with van der Waals surface area (Å²) < 4.78 is 0. The SMILES string of the molecule is NC1(CNC(=O)c2cn[nH]n2)CCC1. The topological polar surface area (TPSA) is 96.7 Å². The lowest BCUT2D eigenvalue weighted by Crippen LogP contribution is -2.54. The van der Waals surface area contributed by atoms with E-state index in [1.54, 1.807) is 0 Å². The van der Waals surface area contributed by atoms with Crippen molar-refractivity contribution in [1.82, 2.24) is 20.7 Å². The maximum absolute atomic E-state index is 11.4. The molecule has 0 radical (unpaired) electrons. The normalized spacial score (nSPS) is 18.6. The van der Waals surface area contributed by atoms with Crippen LogP contribution >= 0.6 is 0 Å². The number of rotatable bonds is 3. The molecular weight excluding hydrogens is 182 g/mol. The third-order valence-electron chi connectivity index (χ3n) is 2.60. The van der Waals surface area contributed by atoms with Crippen LogP contribution in [-0.2, 0) is 0 Å². The van der Waals surface area contributed by atoms with E-state index in [9.17, 15) is 4.79 Å². The standard InChI is InChI=1S/C8H13N5O/c9-8(2-1-3-8)5-10-7(14)6-4-11-13-12-6/h4H,1-3,5,9H2,(H,10,14)(H,11,12,13). The van der Waals surface area contributed by atoms with E-state index in [0.29, 0.717) is 12.2 Å². The van der Waals surface area contributed by atoms with Gasteiger partial charge >= 0.3 is 0 Å². The maximum Gasteiger partial charge on any atom is 0.273 e. The van der Waals surface area contributed by atoms with Crippen LogP contribution in [0.2, 0.25) is 0 Å². The van der Waals surface area contributed by atoms with Gasteiger partial charge in [0.15, 0.2) is 5.69 Å². The summed E-state index contributed by atoms with van der Waals surface area (Å²) in [6, 6.07) is 0. The molecule has 0 aliphatic heterocycles. The second-order valence-corrected chi connectivity index (χ2v) is 3.75. The average Bonchev–Trinajstić information content (AvgIpc) is 2.63. The van der Waals surface area contributed by atoms with E-state index in [0.717, 1.165) is 19.3 Å². The number of hydrogen-bond donors (Lipinski definition) is 3. The first-order valence-corrected chi connectivity index (χ1v) is 4.62. The fraction of sp³-hybridized carbons (Fsp3) is 0.625. The number of aromatic nitrogens is 3. The van der Waals surface area contributed by atoms with Gasteiger partial charge in [-0.3, -0.25) is 4.79 Å². The van der Waals surface area contributed by atoms with E-state index in [1.807, 2.05) is 0 Å². The Kier molecular flexibility index (Phi) is 2.20. The van der Waals surface area contributed by atoms with Crippen LogP contribution in [0, 0.1) is 0 Å². The highest BCUT2D eigenvalue weighted by Gasteiger charge is 2.32. The van der Waals surface area contributed by atoms with Crippen molar-refractivity contribution >= 4 is 5.91 Å². The van der Waals surface area contributed by atoms with Crippen LogP contribution in [0.1, 0.15) is 29.8 Å². The highest BCUT2D eigenvalue weighted by atomic mass is 16.2. The molecule has 1 aliphatic rings. The lowest BCUT2D eigenvalue weighted by molar-refractivity contribution is 0.0924. The minimum Gasteiger partial charge on any atom is -0.349 e. The Hall–Kier alpha value is -1.43. The van der Waals surface area contributed by atoms with E-state index in [-0.39, 0.29) is 11.4 Å². The number of hydrogen-bond acceptors (Lipinski definition) is 4. The fourth-order valence-electron chi connectivity index (χ4n) is 1.47. The van der Waals surface area contributed by atoms with Crippen LogP contribution in [0.3, 0.4) is 0 Å². The van der Waals surface area contributed by atoms with Crippen LogP contribution in [0.15, 0.2) is 6.20 Å². The number of carbonyl (C=O) groups is 1. The summed E-state index contributed by atoms with van der Waals surface area (Å²) in [5, 5.41) is 12.4. The van der Waals surface area contributed by atoms with Crippen molar-refractivity contribution in [2.45, 2.75) is 24.8 Å². The molecule has 1 fully saturated rings. The molecule has 0 unspecified atom stereocenters. The van der Waals surface area contributed by atoms with Crippen molar-refractivity contribution in [1.29, 1.82) is 0 Å². The molecule has 1 aliphatic carbocycles. The molecule has 2 rings (SSSR count). The number of H-pyrrole nitrogens is 1. The van der Waals surface area contributed by atoms with Gasteiger partial charge in [-0.15, -0.1) is 0 Å². The van der Waals surface area contributed by atoms with Crippen molar-refractivity contribution in [3.8, 4) is 0 Å². The highest BCUT2D eigenvalue weighted by molar-refractivity contribution is 5.91. The summed E-state index contributed by atoms with van der Waals surface area (Å²) in [5.74, 6) is -0.226. The van der Waals surface area contributed by atoms with Gasteiger partial charge in [-0.1, -0.05) is 0 Å². The zero-order chi connectivity index (χ0) is 10.0. The number of nitrogens with two attached hydrogens (primary N) is 1. The Morgan fingerprint density at radius 3 is 3.00 bits per heavy atom. The summed E-state index contributed by atoms with van der Waals surface area (Å²) in [5.41, 5.74) is 6.05. The molecule has 1 amide bonds. The maximum atomic E-state index is 11.4. The minimum atomic E-state index is -0.226. The smallest absolute Gasteiger partial charge is 0.273 e. The third kappa shape index (κ3) is 1.74. The quantitative estimate of drug-likeness (QED) is 0.601. The van der Waals surface area contributed by atoms with Crippen molar-refractivity contribution < 1.29 is 4.79 Å². The summed E-state index contributed by atoms with van der Waals surface area (Å²) >= 11 is 0. The second-order valence-electron chi connectivity index (χ2n) is 3.75. The van der Waals surface area contributed by atoms with E-state index in [2.05, 4.69) is 20.7 Å². The van der Waals surface area contributed by atoms with Crippen LogP contribution < -0.4 is 11.1 Å². The molecule has 0 atom stereocenters. The number of amides is 1. The summed E-state index contributed by atoms with van der Waals surface area (Å²) in [4.78, 5) is 11.4. The van der Waals surface area contributed by atoms with Gasteiger partial charge in [-0.2, -0.15) is 15.4 Å². The van der Waals surface area contributed by atoms with E-state index in [4.69, 9.17) is 5.73 Å². The van der Waals surface area contributed by atoms with Gasteiger partial charge in [0.05, 0.1) is 6.20 Å². The first-order chi connectivity index (χ1) is 6.70. The summed E-state index contributed by atoms with van der Waals surface area (Å²) in [7, 11) is 0. The van der Waals surface area contributed by atoms with Crippen LogP contribution in [0.5, 0.6) is 0 Å². The molecule has 6 nitrogen and oxygen atoms in total. The molecule has 0 spiro atoms. The summed E-state index contributed by atoms with van der Waals surface area (Å²) in [6.45, 7) is 0.513. The van der Waals surface area contributed by atoms with E-state index < -0.39 is 0 Å². The van der Waals surface area contributed by atoms with Gasteiger partial charge in [-0.25, -0.2) is 0 Å². The summed E-state index contributed by atoms with van der Waals surface area (Å²) in [6.07, 6.45) is 4.49. The Morgan fingerprint density at radius 1 is 1.71 bits per heavy atom. The van der Waals surface area contributed by atoms with E-state index >= 15 is 0 Å². The lowest BCUT2D eigenvalue weighted by atomic mass is 9.78. The number of carbonyl (C=O) groups excluding carboxylic acids is 1. The van der Waals surface area contributed by atoms with Crippen LogP contribution in [0.25, 0.3) is 0 Å². The Balaban J connectivity index is 1.84. The van der Waals surface area contributed by atoms with Gasteiger partial charge < -0.3 is 11.1 Å². The van der Waals surface area contributed by atoms with Crippen LogP contribution in [0.4, 0.5) is 0 Å². The van der Waals surface area contributed by atoms with Crippen molar-refractivity contribution in [3.63, 3.8) is 0 Å². The Morgan fingerprint density at radius 2 is 2.50 bits per heavy atom. The zero-order valence-corrected chi connectivity index (χ0v) is 7.79. The molecule has 1 heterocycles. The predicted octanol–water partition coefficient (Wildman–Crippen LogP) is -0.584. The van der Waals surface area contributed by atoms with Crippen molar-refractivity contribution in [3.05, 3.63) is 11.9 Å². The van der Waals surface area contributed by atoms with E-state index in [1.165, 1.54) is 6.20 Å². The van der Waals surface area contributed by atoms with Gasteiger partial charge in [0.25, 0.3) is 5.91 Å². The van der Waals surface area contributed by atoms with Gasteiger partial charge in [-0.05, 0) is 19.3 Å². The highest BCUT2D eigenvalue weighted by Crippen LogP contribution is 2.27. The Labute approximate surface area is 81.3 Å². The molecule has 76 valence electrons. The third-order valence-corrected chi connectivity index (χ3v) is 2.60. The molecule has 1 aromatic rings. The molecule has 6 heteroatoms. The van der Waals surface area contributed by atoms with Crippen molar-refractivity contribution in [2.24, 2.45) is 5.73 Å². The number of nitrogens with zero attached hydrogens (tertiary/aromatic N) is 2. The Bertz CT molecular complexity index is 316. The number of aromatic amines is 1. The zero-order valence-electron chi connectivity index (χ0n) is 7.79. The molecular formula is C8H13N5O. The first-order valence-electron chi connectivity index (χ1n) is 4.62. The number of nitrogens with one attached hydrogen (secondary N) is 2. The lowest BCUT2D eigenvalue weighted by Gasteiger charge is -2.37. The molecule has 0 aromatic carbocycles. The molecule has 1 saturated carbocycles. The monoisotopic (exact) mass is 195 g/mol. The molecule has 0 bridgehead atoms. The second kappa shape index (κ2) is 3.38. The van der Waals surface area contributed by atoms with Gasteiger partial charge in [0.1, 0.15) is 0 Å². The molecule has 4 N–H and O–H groups in total. The van der Waals surface area contributed by atoms with Crippen LogP contribution in [-0.4, -0.2) is 33.4 Å². The first kappa shape index (κ1) is 9.14. The van der Waals surface area contributed by atoms with Gasteiger partial charge in [0.2, 0.25) is 0 Å². The molecule has 14 heavy (non-hydrogen) atoms.